The second kappa shape index (κ2) is 10.8. The van der Waals surface area contributed by atoms with Gasteiger partial charge in [0.15, 0.2) is 5.76 Å². The Bertz CT molecular complexity index is 1190. The van der Waals surface area contributed by atoms with Crippen LogP contribution >= 0.6 is 11.6 Å². The van der Waals surface area contributed by atoms with Crippen molar-refractivity contribution in [2.45, 2.75) is 51.7 Å². The number of amides is 1. The molecule has 2 aromatic carbocycles. The van der Waals surface area contributed by atoms with Crippen molar-refractivity contribution in [1.29, 1.82) is 0 Å². The van der Waals surface area contributed by atoms with Crippen molar-refractivity contribution in [2.75, 3.05) is 5.32 Å². The highest BCUT2D eigenvalue weighted by Gasteiger charge is 2.28. The number of aromatic nitrogens is 1. The maximum atomic E-state index is 12.6. The summed E-state index contributed by atoms with van der Waals surface area (Å²) in [4.78, 5) is 23.9. The molecule has 1 heterocycles. The van der Waals surface area contributed by atoms with Crippen LogP contribution in [0.3, 0.4) is 0 Å². The van der Waals surface area contributed by atoms with Crippen LogP contribution in [0.4, 0.5) is 10.5 Å². The fourth-order valence-corrected chi connectivity index (χ4v) is 4.52. The van der Waals surface area contributed by atoms with Crippen molar-refractivity contribution >= 4 is 29.4 Å². The number of nitrogens with one attached hydrogen (secondary N) is 1. The van der Waals surface area contributed by atoms with Crippen LogP contribution in [0.15, 0.2) is 53.1 Å². The molecule has 1 aromatic heterocycles. The number of carbonyl (C=O) groups excluding carboxylic acids is 1. The summed E-state index contributed by atoms with van der Waals surface area (Å²) in [5.41, 5.74) is 2.31. The standard InChI is InChI=1S/C26H27ClN2O6/c1-15-23(28-26(32)33-16(2)21-8-3-4-9-22(21)27)24(35-29-15)17-10-12-19(13-11-17)34-20-7-5-6-18(14-20)25(30)31/h3-4,8-13,16,18,20H,5-7,14H2,1-2H3,(H,28,32)(H,30,31)/t16-,18?,20?/m1/s1. The molecule has 9 heteroatoms. The minimum Gasteiger partial charge on any atom is -0.490 e. The van der Waals surface area contributed by atoms with Crippen molar-refractivity contribution in [3.05, 3.63) is 64.8 Å². The third kappa shape index (κ3) is 5.95. The molecule has 1 fully saturated rings. The van der Waals surface area contributed by atoms with Gasteiger partial charge in [0.2, 0.25) is 0 Å². The zero-order valence-corrected chi connectivity index (χ0v) is 20.2. The van der Waals surface area contributed by atoms with Crippen molar-refractivity contribution in [3.63, 3.8) is 0 Å². The van der Waals surface area contributed by atoms with E-state index >= 15 is 0 Å². The summed E-state index contributed by atoms with van der Waals surface area (Å²) in [5.74, 6) is -0.100. The van der Waals surface area contributed by atoms with Gasteiger partial charge in [-0.3, -0.25) is 10.1 Å². The molecule has 2 unspecified atom stereocenters. The summed E-state index contributed by atoms with van der Waals surface area (Å²) in [6.07, 6.45) is 1.51. The Balaban J connectivity index is 1.42. The zero-order valence-electron chi connectivity index (χ0n) is 19.5. The lowest BCUT2D eigenvalue weighted by Crippen LogP contribution is -2.29. The third-order valence-corrected chi connectivity index (χ3v) is 6.46. The Labute approximate surface area is 208 Å². The van der Waals surface area contributed by atoms with E-state index in [0.29, 0.717) is 51.9 Å². The number of halogens is 1. The van der Waals surface area contributed by atoms with Crippen LogP contribution in [0.1, 0.15) is 50.0 Å². The van der Waals surface area contributed by atoms with Crippen molar-refractivity contribution in [2.24, 2.45) is 5.92 Å². The molecule has 1 aliphatic carbocycles. The average molecular weight is 499 g/mol. The molecule has 0 radical (unpaired) electrons. The lowest BCUT2D eigenvalue weighted by Gasteiger charge is -2.27. The Morgan fingerprint density at radius 1 is 1.17 bits per heavy atom. The summed E-state index contributed by atoms with van der Waals surface area (Å²) in [7, 11) is 0. The Morgan fingerprint density at radius 2 is 1.91 bits per heavy atom. The number of carboxylic acid groups (broad SMARTS) is 1. The Kier molecular flexibility index (Phi) is 7.60. The Morgan fingerprint density at radius 3 is 2.63 bits per heavy atom. The molecule has 0 saturated heterocycles. The van der Waals surface area contributed by atoms with Crippen molar-refractivity contribution < 1.29 is 28.7 Å². The third-order valence-electron chi connectivity index (χ3n) is 6.11. The molecule has 0 aliphatic heterocycles. The lowest BCUT2D eigenvalue weighted by atomic mass is 9.87. The second-order valence-corrected chi connectivity index (χ2v) is 9.04. The smallest absolute Gasteiger partial charge is 0.412 e. The maximum absolute atomic E-state index is 12.6. The molecule has 184 valence electrons. The molecule has 0 bridgehead atoms. The number of carbonyl (C=O) groups is 2. The van der Waals surface area contributed by atoms with Crippen LogP contribution in [0, 0.1) is 12.8 Å². The highest BCUT2D eigenvalue weighted by Crippen LogP contribution is 2.34. The predicted molar refractivity (Wildman–Crippen MR) is 131 cm³/mol. The SMILES string of the molecule is Cc1noc(-c2ccc(OC3CCCC(C(=O)O)C3)cc2)c1NC(=O)O[C@H](C)c1ccccc1Cl. The normalized spacial score (nSPS) is 18.5. The Hall–Kier alpha value is -3.52. The summed E-state index contributed by atoms with van der Waals surface area (Å²) in [5, 5.41) is 16.5. The van der Waals surface area contributed by atoms with Crippen LogP contribution < -0.4 is 10.1 Å². The van der Waals surface area contributed by atoms with Gasteiger partial charge >= 0.3 is 12.1 Å². The van der Waals surface area contributed by atoms with Crippen LogP contribution in [0.2, 0.25) is 5.02 Å². The minimum absolute atomic E-state index is 0.129. The number of hydrogen-bond donors (Lipinski definition) is 2. The first kappa shape index (κ1) is 24.6. The highest BCUT2D eigenvalue weighted by molar-refractivity contribution is 6.31. The number of aryl methyl sites for hydroxylation is 1. The van der Waals surface area contributed by atoms with Crippen molar-refractivity contribution in [1.82, 2.24) is 5.16 Å². The molecule has 35 heavy (non-hydrogen) atoms. The van der Waals surface area contributed by atoms with E-state index in [1.807, 2.05) is 12.1 Å². The number of rotatable bonds is 7. The van der Waals surface area contributed by atoms with Crippen LogP contribution in [-0.2, 0) is 9.53 Å². The number of nitrogens with zero attached hydrogens (tertiary/aromatic N) is 1. The van der Waals surface area contributed by atoms with E-state index in [9.17, 15) is 14.7 Å². The van der Waals surface area contributed by atoms with Gasteiger partial charge in [-0.05, 0) is 69.9 Å². The molecule has 3 aromatic rings. The molecule has 2 N–H and O–H groups in total. The van der Waals surface area contributed by atoms with Crippen LogP contribution in [0.25, 0.3) is 11.3 Å². The number of anilines is 1. The predicted octanol–water partition coefficient (Wildman–Crippen LogP) is 6.64. The van der Waals surface area contributed by atoms with E-state index in [2.05, 4.69) is 10.5 Å². The molecule has 0 spiro atoms. The summed E-state index contributed by atoms with van der Waals surface area (Å²) in [6.45, 7) is 3.46. The molecular formula is C26H27ClN2O6. The molecule has 1 aliphatic rings. The van der Waals surface area contributed by atoms with E-state index in [4.69, 9.17) is 25.6 Å². The van der Waals surface area contributed by atoms with Gasteiger partial charge in [0.05, 0.1) is 12.0 Å². The van der Waals surface area contributed by atoms with Gasteiger partial charge in [-0.1, -0.05) is 35.0 Å². The lowest BCUT2D eigenvalue weighted by molar-refractivity contribution is -0.143. The van der Waals surface area contributed by atoms with Gasteiger partial charge in [0.25, 0.3) is 0 Å². The van der Waals surface area contributed by atoms with Gasteiger partial charge in [-0.25, -0.2) is 4.79 Å². The molecule has 4 rings (SSSR count). The van der Waals surface area contributed by atoms with E-state index in [1.54, 1.807) is 50.2 Å². The van der Waals surface area contributed by atoms with E-state index in [-0.39, 0.29) is 12.0 Å². The monoisotopic (exact) mass is 498 g/mol. The van der Waals surface area contributed by atoms with Gasteiger partial charge in [0, 0.05) is 16.1 Å². The summed E-state index contributed by atoms with van der Waals surface area (Å²) < 4.78 is 17.0. The van der Waals surface area contributed by atoms with Crippen molar-refractivity contribution in [3.8, 4) is 17.1 Å². The van der Waals surface area contributed by atoms with Crippen LogP contribution in [-0.4, -0.2) is 28.4 Å². The first-order valence-corrected chi connectivity index (χ1v) is 11.9. The fraction of sp³-hybridized carbons (Fsp3) is 0.346. The molecular weight excluding hydrogens is 472 g/mol. The largest absolute Gasteiger partial charge is 0.490 e. The maximum Gasteiger partial charge on any atom is 0.412 e. The molecule has 1 saturated carbocycles. The van der Waals surface area contributed by atoms with Gasteiger partial charge in [0.1, 0.15) is 23.2 Å². The average Bonchev–Trinajstić information content (AvgIpc) is 3.19. The topological polar surface area (TPSA) is 111 Å². The molecule has 1 amide bonds. The fourth-order valence-electron chi connectivity index (χ4n) is 4.23. The number of benzene rings is 2. The van der Waals surface area contributed by atoms with Crippen LogP contribution in [0.5, 0.6) is 5.75 Å². The van der Waals surface area contributed by atoms with E-state index in [1.165, 1.54) is 0 Å². The van der Waals surface area contributed by atoms with Gasteiger partial charge in [-0.15, -0.1) is 0 Å². The first-order valence-electron chi connectivity index (χ1n) is 11.5. The second-order valence-electron chi connectivity index (χ2n) is 8.63. The molecule has 3 atom stereocenters. The molecule has 8 nitrogen and oxygen atoms in total. The first-order chi connectivity index (χ1) is 16.8. The van der Waals surface area contributed by atoms with Gasteiger partial charge < -0.3 is 19.1 Å². The zero-order chi connectivity index (χ0) is 24.9. The highest BCUT2D eigenvalue weighted by atomic mass is 35.5. The number of aliphatic carboxylic acids is 1. The van der Waals surface area contributed by atoms with E-state index in [0.717, 1.165) is 12.8 Å². The number of ether oxygens (including phenoxy) is 2. The minimum atomic E-state index is -0.769. The quantitative estimate of drug-likeness (QED) is 0.375. The number of hydrogen-bond acceptors (Lipinski definition) is 6. The summed E-state index contributed by atoms with van der Waals surface area (Å²) >= 11 is 6.20. The summed E-state index contributed by atoms with van der Waals surface area (Å²) in [6, 6.07) is 14.4. The van der Waals surface area contributed by atoms with E-state index < -0.39 is 18.2 Å². The number of carboxylic acids is 1. The van der Waals surface area contributed by atoms with Gasteiger partial charge in [-0.2, -0.15) is 0 Å².